The van der Waals surface area contributed by atoms with Crippen molar-refractivity contribution in [3.63, 3.8) is 0 Å². The Hall–Kier alpha value is -0.570. The van der Waals surface area contributed by atoms with Gasteiger partial charge in [0.15, 0.2) is 0 Å². The van der Waals surface area contributed by atoms with Gasteiger partial charge in [0.1, 0.15) is 0 Å². The molecule has 18 heavy (non-hydrogen) atoms. The van der Waals surface area contributed by atoms with E-state index in [1.165, 1.54) is 0 Å². The van der Waals surface area contributed by atoms with Gasteiger partial charge in [-0.2, -0.15) is 0 Å². The van der Waals surface area contributed by atoms with Crippen LogP contribution in [0.15, 0.2) is 18.2 Å². The molecule has 1 N–H and O–H groups in total. The van der Waals surface area contributed by atoms with Crippen LogP contribution in [0.5, 0.6) is 0 Å². The van der Waals surface area contributed by atoms with Crippen LogP contribution in [0.25, 0.3) is 0 Å². The standard InChI is InChI=1S/C15H21ClO2/c1-3-4-13-10-15(17,7-8-18-13)12-6-5-11(2)14(16)9-12/h5-6,9,13,17H,3-4,7-8,10H2,1-2H3. The lowest BCUT2D eigenvalue weighted by molar-refractivity contribution is -0.110. The largest absolute Gasteiger partial charge is 0.385 e. The van der Waals surface area contributed by atoms with Gasteiger partial charge in [-0.3, -0.25) is 0 Å². The summed E-state index contributed by atoms with van der Waals surface area (Å²) in [5, 5.41) is 11.5. The van der Waals surface area contributed by atoms with Crippen LogP contribution < -0.4 is 0 Å². The number of hydrogen-bond acceptors (Lipinski definition) is 2. The lowest BCUT2D eigenvalue weighted by Crippen LogP contribution is -2.38. The van der Waals surface area contributed by atoms with Crippen LogP contribution in [0, 0.1) is 6.92 Å². The van der Waals surface area contributed by atoms with E-state index >= 15 is 0 Å². The highest BCUT2D eigenvalue weighted by molar-refractivity contribution is 6.31. The minimum absolute atomic E-state index is 0.161. The molecule has 1 aliphatic rings. The summed E-state index contributed by atoms with van der Waals surface area (Å²) in [4.78, 5) is 0. The predicted octanol–water partition coefficient (Wildman–Crippen LogP) is 3.82. The van der Waals surface area contributed by atoms with E-state index in [2.05, 4.69) is 6.92 Å². The highest BCUT2D eigenvalue weighted by Gasteiger charge is 2.36. The van der Waals surface area contributed by atoms with Gasteiger partial charge in [-0.15, -0.1) is 0 Å². The summed E-state index contributed by atoms with van der Waals surface area (Å²) in [6.07, 6.45) is 3.55. The zero-order valence-corrected chi connectivity index (χ0v) is 11.8. The lowest BCUT2D eigenvalue weighted by atomic mass is 9.82. The average molecular weight is 269 g/mol. The first kappa shape index (κ1) is 13.9. The summed E-state index contributed by atoms with van der Waals surface area (Å²) in [6.45, 7) is 4.73. The van der Waals surface area contributed by atoms with Crippen molar-refractivity contribution in [2.45, 2.75) is 51.2 Å². The molecule has 0 spiro atoms. The molecule has 1 aromatic carbocycles. The van der Waals surface area contributed by atoms with E-state index in [1.54, 1.807) is 0 Å². The van der Waals surface area contributed by atoms with Crippen LogP contribution in [-0.2, 0) is 10.3 Å². The Kier molecular flexibility index (Phi) is 4.31. The fourth-order valence-electron chi connectivity index (χ4n) is 2.58. The Morgan fingerprint density at radius 2 is 2.28 bits per heavy atom. The molecule has 0 aliphatic carbocycles. The number of rotatable bonds is 3. The molecule has 3 heteroatoms. The van der Waals surface area contributed by atoms with Gasteiger partial charge < -0.3 is 9.84 Å². The molecular formula is C15H21ClO2. The molecule has 2 unspecified atom stereocenters. The van der Waals surface area contributed by atoms with E-state index in [0.717, 1.165) is 29.0 Å². The van der Waals surface area contributed by atoms with Crippen molar-refractivity contribution in [3.8, 4) is 0 Å². The normalized spacial score (nSPS) is 28.3. The van der Waals surface area contributed by atoms with Crippen molar-refractivity contribution < 1.29 is 9.84 Å². The van der Waals surface area contributed by atoms with E-state index < -0.39 is 5.60 Å². The molecule has 1 heterocycles. The first-order chi connectivity index (χ1) is 8.55. The van der Waals surface area contributed by atoms with Gasteiger partial charge in [0, 0.05) is 17.9 Å². The molecule has 0 saturated carbocycles. The Morgan fingerprint density at radius 1 is 1.50 bits per heavy atom. The molecule has 1 saturated heterocycles. The van der Waals surface area contributed by atoms with Crippen LogP contribution >= 0.6 is 11.6 Å². The molecule has 0 aromatic heterocycles. The number of halogens is 1. The quantitative estimate of drug-likeness (QED) is 0.903. The van der Waals surface area contributed by atoms with Crippen molar-refractivity contribution in [2.24, 2.45) is 0 Å². The van der Waals surface area contributed by atoms with E-state index in [0.29, 0.717) is 19.4 Å². The first-order valence-electron chi connectivity index (χ1n) is 6.66. The van der Waals surface area contributed by atoms with E-state index in [-0.39, 0.29) is 6.10 Å². The maximum absolute atomic E-state index is 10.8. The number of aryl methyl sites for hydroxylation is 1. The van der Waals surface area contributed by atoms with Crippen LogP contribution in [0.1, 0.15) is 43.7 Å². The van der Waals surface area contributed by atoms with Crippen LogP contribution in [0.4, 0.5) is 0 Å². The van der Waals surface area contributed by atoms with Crippen molar-refractivity contribution in [1.82, 2.24) is 0 Å². The van der Waals surface area contributed by atoms with Crippen molar-refractivity contribution in [1.29, 1.82) is 0 Å². The van der Waals surface area contributed by atoms with Gasteiger partial charge in [0.05, 0.1) is 18.3 Å². The maximum atomic E-state index is 10.8. The molecule has 1 aliphatic heterocycles. The van der Waals surface area contributed by atoms with Crippen LogP contribution in [0.2, 0.25) is 5.02 Å². The molecule has 100 valence electrons. The van der Waals surface area contributed by atoms with E-state index in [4.69, 9.17) is 16.3 Å². The number of hydrogen-bond donors (Lipinski definition) is 1. The van der Waals surface area contributed by atoms with Gasteiger partial charge in [-0.1, -0.05) is 37.1 Å². The summed E-state index contributed by atoms with van der Waals surface area (Å²) in [7, 11) is 0. The Bertz CT molecular complexity index is 417. The summed E-state index contributed by atoms with van der Waals surface area (Å²) in [6, 6.07) is 5.85. The second-order valence-corrected chi connectivity index (χ2v) is 5.64. The number of benzene rings is 1. The van der Waals surface area contributed by atoms with E-state index in [9.17, 15) is 5.11 Å². The molecule has 2 rings (SSSR count). The van der Waals surface area contributed by atoms with Crippen molar-refractivity contribution in [3.05, 3.63) is 34.3 Å². The fraction of sp³-hybridized carbons (Fsp3) is 0.600. The Balaban J connectivity index is 2.21. The van der Waals surface area contributed by atoms with Crippen LogP contribution in [0.3, 0.4) is 0 Å². The Labute approximate surface area is 114 Å². The minimum atomic E-state index is -0.782. The zero-order chi connectivity index (χ0) is 13.2. The summed E-state index contributed by atoms with van der Waals surface area (Å²) in [5.74, 6) is 0. The summed E-state index contributed by atoms with van der Waals surface area (Å²) >= 11 is 6.15. The van der Waals surface area contributed by atoms with Gasteiger partial charge >= 0.3 is 0 Å². The highest BCUT2D eigenvalue weighted by Crippen LogP contribution is 2.37. The Morgan fingerprint density at radius 3 is 2.94 bits per heavy atom. The monoisotopic (exact) mass is 268 g/mol. The van der Waals surface area contributed by atoms with Gasteiger partial charge in [-0.25, -0.2) is 0 Å². The molecule has 2 nitrogen and oxygen atoms in total. The third kappa shape index (κ3) is 2.87. The number of ether oxygens (including phenoxy) is 1. The first-order valence-corrected chi connectivity index (χ1v) is 7.03. The SMILES string of the molecule is CCCC1CC(O)(c2ccc(C)c(Cl)c2)CCO1. The fourth-order valence-corrected chi connectivity index (χ4v) is 2.76. The van der Waals surface area contributed by atoms with Crippen LogP contribution in [-0.4, -0.2) is 17.8 Å². The molecule has 2 atom stereocenters. The molecule has 0 radical (unpaired) electrons. The molecular weight excluding hydrogens is 248 g/mol. The smallest absolute Gasteiger partial charge is 0.0943 e. The van der Waals surface area contributed by atoms with Crippen molar-refractivity contribution >= 4 is 11.6 Å². The number of aliphatic hydroxyl groups is 1. The minimum Gasteiger partial charge on any atom is -0.385 e. The van der Waals surface area contributed by atoms with Gasteiger partial charge in [0.25, 0.3) is 0 Å². The highest BCUT2D eigenvalue weighted by atomic mass is 35.5. The second kappa shape index (κ2) is 5.60. The van der Waals surface area contributed by atoms with Gasteiger partial charge in [0.2, 0.25) is 0 Å². The zero-order valence-electron chi connectivity index (χ0n) is 11.1. The second-order valence-electron chi connectivity index (χ2n) is 5.23. The molecule has 0 amide bonds. The lowest BCUT2D eigenvalue weighted by Gasteiger charge is -2.37. The third-order valence-electron chi connectivity index (χ3n) is 3.75. The molecule has 1 aromatic rings. The summed E-state index contributed by atoms with van der Waals surface area (Å²) in [5.41, 5.74) is 1.18. The average Bonchev–Trinajstić information content (AvgIpc) is 2.33. The van der Waals surface area contributed by atoms with E-state index in [1.807, 2.05) is 25.1 Å². The predicted molar refractivity (Wildman–Crippen MR) is 74.0 cm³/mol. The molecule has 1 fully saturated rings. The molecule has 0 bridgehead atoms. The third-order valence-corrected chi connectivity index (χ3v) is 4.16. The maximum Gasteiger partial charge on any atom is 0.0943 e. The van der Waals surface area contributed by atoms with Crippen molar-refractivity contribution in [2.75, 3.05) is 6.61 Å². The summed E-state index contributed by atoms with van der Waals surface area (Å²) < 4.78 is 5.70. The van der Waals surface area contributed by atoms with Gasteiger partial charge in [-0.05, 0) is 30.5 Å². The topological polar surface area (TPSA) is 29.5 Å².